The number of aromatic amines is 1. The van der Waals surface area contributed by atoms with Crippen molar-refractivity contribution < 1.29 is 17.2 Å². The first-order valence-electron chi connectivity index (χ1n) is 12.4. The van der Waals surface area contributed by atoms with Crippen LogP contribution in [0.3, 0.4) is 0 Å². The molecule has 1 saturated heterocycles. The second kappa shape index (κ2) is 11.4. The number of nitrogens with one attached hydrogen (secondary N) is 2. The Labute approximate surface area is 227 Å². The Morgan fingerprint density at radius 1 is 0.974 bits per heavy atom. The van der Waals surface area contributed by atoms with E-state index in [9.17, 15) is 13.2 Å². The van der Waals surface area contributed by atoms with Crippen molar-refractivity contribution in [3.63, 3.8) is 0 Å². The van der Waals surface area contributed by atoms with Crippen LogP contribution < -0.4 is 14.2 Å². The summed E-state index contributed by atoms with van der Waals surface area (Å²) in [5, 5.41) is 3.29. The van der Waals surface area contributed by atoms with Gasteiger partial charge in [-0.1, -0.05) is 36.4 Å². The van der Waals surface area contributed by atoms with Crippen LogP contribution in [-0.4, -0.2) is 62.7 Å². The quantitative estimate of drug-likeness (QED) is 0.188. The van der Waals surface area contributed by atoms with E-state index in [0.717, 1.165) is 50.2 Å². The highest BCUT2D eigenvalue weighted by molar-refractivity contribution is 8.00. The van der Waals surface area contributed by atoms with E-state index in [-0.39, 0.29) is 16.6 Å². The molecule has 0 saturated carbocycles. The number of fused-ring (bicyclic) bond motifs is 1. The molecule has 0 unspecified atom stereocenters. The molecule has 38 heavy (non-hydrogen) atoms. The summed E-state index contributed by atoms with van der Waals surface area (Å²) in [4.78, 5) is 20.8. The number of para-hydroxylation sites is 2. The lowest BCUT2D eigenvalue weighted by Gasteiger charge is -2.35. The van der Waals surface area contributed by atoms with E-state index in [0.29, 0.717) is 21.9 Å². The van der Waals surface area contributed by atoms with Crippen LogP contribution in [0.1, 0.15) is 0 Å². The van der Waals surface area contributed by atoms with Gasteiger partial charge in [0.25, 0.3) is 0 Å². The summed E-state index contributed by atoms with van der Waals surface area (Å²) in [5.74, 6) is -0.174. The largest absolute Gasteiger partial charge is 0.369 e. The lowest BCUT2D eigenvalue weighted by atomic mass is 10.2. The molecular weight excluding hydrogens is 518 g/mol. The number of carbonyl (C=O) groups excluding carboxylic acids is 1. The van der Waals surface area contributed by atoms with Crippen LogP contribution in [0.25, 0.3) is 11.0 Å². The van der Waals surface area contributed by atoms with Crippen LogP contribution in [-0.2, 0) is 14.8 Å². The van der Waals surface area contributed by atoms with Crippen LogP contribution in [0.2, 0.25) is 0 Å². The maximum atomic E-state index is 13.5. The van der Waals surface area contributed by atoms with Crippen molar-refractivity contribution in [3.8, 4) is 0 Å². The summed E-state index contributed by atoms with van der Waals surface area (Å²) < 4.78 is 28.3. The van der Waals surface area contributed by atoms with E-state index in [1.807, 2.05) is 42.5 Å². The molecule has 0 radical (unpaired) electrons. The molecule has 1 fully saturated rings. The smallest absolute Gasteiger partial charge is 0.336 e. The Kier molecular flexibility index (Phi) is 7.82. The van der Waals surface area contributed by atoms with Gasteiger partial charge in [-0.05, 0) is 60.3 Å². The number of hydrogen-bond donors (Lipinski definition) is 2. The standard InChI is InChI=1S/C28H29N5O3S2/c1-2-16-31-17-19-32(20-18-31)23-14-12-22(13-15-23)29-27(34)21-37-28-30-25-10-6-7-11-26(25)33(28)38(35,36)24-8-4-3-5-9-24/h2-15H,1,16-21H2,(H,29,34)/p+1. The van der Waals surface area contributed by atoms with E-state index in [1.165, 1.54) is 3.97 Å². The molecule has 2 heterocycles. The second-order valence-corrected chi connectivity index (χ2v) is 11.7. The zero-order chi connectivity index (χ0) is 26.5. The first-order valence-corrected chi connectivity index (χ1v) is 14.8. The van der Waals surface area contributed by atoms with Gasteiger partial charge in [0.1, 0.15) is 4.90 Å². The van der Waals surface area contributed by atoms with Gasteiger partial charge in [-0.15, -0.1) is 10.6 Å². The third-order valence-corrected chi connectivity index (χ3v) is 9.25. The van der Waals surface area contributed by atoms with Gasteiger partial charge in [-0.25, -0.2) is 4.98 Å². The predicted molar refractivity (Wildman–Crippen MR) is 152 cm³/mol. The fourth-order valence-corrected chi connectivity index (χ4v) is 7.11. The molecule has 0 bridgehead atoms. The zero-order valence-electron chi connectivity index (χ0n) is 20.9. The molecule has 10 heteroatoms. The first kappa shape index (κ1) is 26.0. The lowest BCUT2D eigenvalue weighted by Crippen LogP contribution is -2.46. The summed E-state index contributed by atoms with van der Waals surface area (Å²) in [6, 6.07) is 23.3. The van der Waals surface area contributed by atoms with Gasteiger partial charge >= 0.3 is 15.2 Å². The van der Waals surface area contributed by atoms with Crippen LogP contribution in [0.15, 0.2) is 102 Å². The molecule has 0 spiro atoms. The van der Waals surface area contributed by atoms with Gasteiger partial charge in [0.05, 0.1) is 5.75 Å². The van der Waals surface area contributed by atoms with Gasteiger partial charge in [-0.2, -0.15) is 8.42 Å². The molecule has 3 aromatic carbocycles. The van der Waals surface area contributed by atoms with Crippen molar-refractivity contribution in [1.82, 2.24) is 9.88 Å². The fraction of sp³-hybridized carbons (Fsp3) is 0.214. The second-order valence-electron chi connectivity index (χ2n) is 8.99. The SMILES string of the molecule is C=CCN1CCN(c2ccc(NC(=O)CSc3[nH]c4ccccc4[n+]3S(=O)(=O)c3ccccc3)cc2)CC1. The number of imidazole rings is 1. The maximum absolute atomic E-state index is 13.5. The van der Waals surface area contributed by atoms with Gasteiger partial charge < -0.3 is 10.2 Å². The van der Waals surface area contributed by atoms with Crippen LogP contribution >= 0.6 is 11.8 Å². The Balaban J connectivity index is 1.26. The predicted octanol–water partition coefficient (Wildman–Crippen LogP) is 3.73. The van der Waals surface area contributed by atoms with Crippen molar-refractivity contribution in [1.29, 1.82) is 0 Å². The Hall–Kier alpha value is -3.60. The number of piperazine rings is 1. The van der Waals surface area contributed by atoms with E-state index in [1.54, 1.807) is 42.5 Å². The Bertz CT molecular complexity index is 1530. The number of amides is 1. The summed E-state index contributed by atoms with van der Waals surface area (Å²) in [5.41, 5.74) is 3.03. The van der Waals surface area contributed by atoms with Crippen molar-refractivity contribution in [2.24, 2.45) is 0 Å². The number of rotatable bonds is 9. The minimum atomic E-state index is -3.86. The van der Waals surface area contributed by atoms with E-state index in [4.69, 9.17) is 0 Å². The average molecular weight is 549 g/mol. The molecular formula is C28H30N5O3S2+. The number of H-pyrrole nitrogens is 1. The molecule has 1 aliphatic heterocycles. The van der Waals surface area contributed by atoms with Gasteiger partial charge in [0, 0.05) is 44.1 Å². The van der Waals surface area contributed by atoms with Gasteiger partial charge in [0.15, 0.2) is 11.0 Å². The third kappa shape index (κ3) is 5.62. The Morgan fingerprint density at radius 3 is 2.37 bits per heavy atom. The van der Waals surface area contributed by atoms with Crippen LogP contribution in [0.5, 0.6) is 0 Å². The molecule has 1 amide bonds. The van der Waals surface area contributed by atoms with Crippen molar-refractivity contribution in [3.05, 3.63) is 91.5 Å². The highest BCUT2D eigenvalue weighted by Gasteiger charge is 2.32. The van der Waals surface area contributed by atoms with Crippen LogP contribution in [0.4, 0.5) is 11.4 Å². The van der Waals surface area contributed by atoms with Crippen molar-refractivity contribution in [2.75, 3.05) is 48.7 Å². The molecule has 196 valence electrons. The molecule has 4 aromatic rings. The summed E-state index contributed by atoms with van der Waals surface area (Å²) in [6.45, 7) is 8.62. The van der Waals surface area contributed by atoms with Gasteiger partial charge in [0.2, 0.25) is 5.91 Å². The number of anilines is 2. The zero-order valence-corrected chi connectivity index (χ0v) is 22.5. The fourth-order valence-electron chi connectivity index (χ4n) is 4.52. The van der Waals surface area contributed by atoms with E-state index >= 15 is 0 Å². The average Bonchev–Trinajstić information content (AvgIpc) is 3.33. The normalized spacial score (nSPS) is 14.5. The minimum Gasteiger partial charge on any atom is -0.369 e. The lowest BCUT2D eigenvalue weighted by molar-refractivity contribution is -0.526. The molecule has 1 aliphatic rings. The molecule has 5 rings (SSSR count). The number of hydrogen-bond acceptors (Lipinski definition) is 6. The summed E-state index contributed by atoms with van der Waals surface area (Å²) in [6.07, 6.45) is 1.94. The first-order chi connectivity index (χ1) is 18.5. The molecule has 1 aromatic heterocycles. The number of carbonyl (C=O) groups is 1. The topological polar surface area (TPSA) is 89.4 Å². The molecule has 0 atom stereocenters. The molecule has 0 aliphatic carbocycles. The number of thioether (sulfide) groups is 1. The molecule has 8 nitrogen and oxygen atoms in total. The highest BCUT2D eigenvalue weighted by atomic mass is 32.2. The van der Waals surface area contributed by atoms with Crippen molar-refractivity contribution >= 4 is 50.1 Å². The summed E-state index contributed by atoms with van der Waals surface area (Å²) in [7, 11) is -3.86. The Morgan fingerprint density at radius 2 is 1.66 bits per heavy atom. The number of nitrogens with zero attached hydrogens (tertiary/aromatic N) is 3. The third-order valence-electron chi connectivity index (χ3n) is 6.45. The van der Waals surface area contributed by atoms with Crippen LogP contribution in [0, 0.1) is 0 Å². The number of benzene rings is 3. The van der Waals surface area contributed by atoms with E-state index < -0.39 is 10.0 Å². The van der Waals surface area contributed by atoms with Crippen molar-refractivity contribution in [2.45, 2.75) is 10.1 Å². The number of aromatic nitrogens is 2. The minimum absolute atomic E-state index is 0.0458. The molecule has 2 N–H and O–H groups in total. The monoisotopic (exact) mass is 548 g/mol. The summed E-state index contributed by atoms with van der Waals surface area (Å²) >= 11 is 1.15. The highest BCUT2D eigenvalue weighted by Crippen LogP contribution is 2.23. The van der Waals surface area contributed by atoms with Gasteiger partial charge in [-0.3, -0.25) is 9.69 Å². The maximum Gasteiger partial charge on any atom is 0.336 e. The van der Waals surface area contributed by atoms with E-state index in [2.05, 4.69) is 26.7 Å².